The maximum Gasteiger partial charge on any atom is 0.265 e. The van der Waals surface area contributed by atoms with Crippen LogP contribution in [0.4, 0.5) is 5.95 Å². The molecule has 7 heteroatoms. The van der Waals surface area contributed by atoms with E-state index in [4.69, 9.17) is 4.74 Å². The van der Waals surface area contributed by atoms with Gasteiger partial charge in [-0.1, -0.05) is 48.5 Å². The Labute approximate surface area is 179 Å². The predicted octanol–water partition coefficient (Wildman–Crippen LogP) is 5.24. The maximum absolute atomic E-state index is 5.87. The van der Waals surface area contributed by atoms with E-state index in [-0.39, 0.29) is 0 Å². The topological polar surface area (TPSA) is 77.2 Å². The summed E-state index contributed by atoms with van der Waals surface area (Å²) in [4.78, 5) is 4.63. The van der Waals surface area contributed by atoms with Gasteiger partial charge in [-0.2, -0.15) is 10.1 Å². The fraction of sp³-hybridized carbons (Fsp3) is 0.0833. The van der Waals surface area contributed by atoms with Gasteiger partial charge in [-0.3, -0.25) is 0 Å². The molecule has 0 aliphatic rings. The first-order valence-electron chi connectivity index (χ1n) is 10.1. The molecular weight excluding hydrogens is 388 g/mol. The van der Waals surface area contributed by atoms with Gasteiger partial charge in [0.15, 0.2) is 5.65 Å². The summed E-state index contributed by atoms with van der Waals surface area (Å²) < 4.78 is 7.99. The zero-order valence-corrected chi connectivity index (χ0v) is 16.9. The van der Waals surface area contributed by atoms with Crippen molar-refractivity contribution in [1.82, 2.24) is 19.7 Å². The summed E-state index contributed by atoms with van der Waals surface area (Å²) in [5, 5.41) is 13.9. The number of para-hydroxylation sites is 2. The van der Waals surface area contributed by atoms with Gasteiger partial charge in [-0.05, 0) is 42.8 Å². The fourth-order valence-electron chi connectivity index (χ4n) is 3.52. The van der Waals surface area contributed by atoms with Crippen molar-refractivity contribution in [3.8, 4) is 11.5 Å². The molecule has 0 unspecified atom stereocenters. The minimum absolute atomic E-state index is 0.345. The zero-order valence-electron chi connectivity index (χ0n) is 16.9. The van der Waals surface area contributed by atoms with Crippen molar-refractivity contribution in [1.29, 1.82) is 0 Å². The van der Waals surface area contributed by atoms with Crippen LogP contribution in [0, 0.1) is 0 Å². The van der Waals surface area contributed by atoms with Crippen LogP contribution in [-0.4, -0.2) is 26.0 Å². The van der Waals surface area contributed by atoms with E-state index in [0.717, 1.165) is 45.7 Å². The van der Waals surface area contributed by atoms with Crippen LogP contribution >= 0.6 is 0 Å². The Morgan fingerprint density at radius 3 is 2.61 bits per heavy atom. The normalized spacial score (nSPS) is 11.4. The third-order valence-electron chi connectivity index (χ3n) is 4.91. The number of aromatic nitrogens is 4. The van der Waals surface area contributed by atoms with Crippen molar-refractivity contribution in [3.05, 3.63) is 84.4 Å². The summed E-state index contributed by atoms with van der Waals surface area (Å²) in [6, 6.07) is 25.5. The number of hydrazone groups is 1. The van der Waals surface area contributed by atoms with Crippen LogP contribution in [0.15, 0.2) is 84.0 Å². The molecule has 5 rings (SSSR count). The summed E-state index contributed by atoms with van der Waals surface area (Å²) in [5.74, 6) is 1.87. The van der Waals surface area contributed by atoms with Gasteiger partial charge in [0.2, 0.25) is 0 Å². The largest absolute Gasteiger partial charge is 0.457 e. The first kappa shape index (κ1) is 18.7. The molecule has 0 aliphatic carbocycles. The number of nitrogens with zero attached hydrogens (tertiary/aromatic N) is 5. The second-order valence-electron chi connectivity index (χ2n) is 6.93. The van der Waals surface area contributed by atoms with Crippen LogP contribution in [0.5, 0.6) is 11.5 Å². The molecule has 7 nitrogen and oxygen atoms in total. The molecule has 0 saturated carbocycles. The number of fused-ring (bicyclic) bond motifs is 3. The number of ether oxygens (including phenoxy) is 1. The molecule has 31 heavy (non-hydrogen) atoms. The van der Waals surface area contributed by atoms with Gasteiger partial charge in [0, 0.05) is 11.9 Å². The molecular formula is C24H20N6O. The Morgan fingerprint density at radius 2 is 1.74 bits per heavy atom. The molecule has 0 amide bonds. The summed E-state index contributed by atoms with van der Waals surface area (Å²) in [7, 11) is 0. The number of benzene rings is 3. The van der Waals surface area contributed by atoms with Crippen molar-refractivity contribution >= 4 is 34.2 Å². The molecule has 0 fully saturated rings. The number of aryl methyl sites for hydroxylation is 1. The monoisotopic (exact) mass is 408 g/mol. The molecule has 2 heterocycles. The van der Waals surface area contributed by atoms with Crippen molar-refractivity contribution in [3.63, 3.8) is 0 Å². The second kappa shape index (κ2) is 8.23. The van der Waals surface area contributed by atoms with Crippen molar-refractivity contribution in [2.24, 2.45) is 5.10 Å². The SMILES string of the molecule is CCn1c2ccccc2c2nnc(N/N=C/c3cccc(Oc4ccccc4)c3)nc21. The quantitative estimate of drug-likeness (QED) is 0.307. The molecule has 5 aromatic rings. The number of anilines is 1. The number of nitrogens with one attached hydrogen (secondary N) is 1. The fourth-order valence-corrected chi connectivity index (χ4v) is 3.52. The van der Waals surface area contributed by atoms with Gasteiger partial charge in [0.1, 0.15) is 17.0 Å². The van der Waals surface area contributed by atoms with E-state index in [1.165, 1.54) is 0 Å². The summed E-state index contributed by atoms with van der Waals surface area (Å²) in [5.41, 5.74) is 6.44. The van der Waals surface area contributed by atoms with E-state index in [1.807, 2.05) is 72.8 Å². The van der Waals surface area contributed by atoms with Gasteiger partial charge in [0.25, 0.3) is 5.95 Å². The van der Waals surface area contributed by atoms with Crippen LogP contribution in [-0.2, 0) is 6.54 Å². The van der Waals surface area contributed by atoms with E-state index in [0.29, 0.717) is 5.95 Å². The molecule has 2 aromatic heterocycles. The van der Waals surface area contributed by atoms with Gasteiger partial charge in [-0.25, -0.2) is 5.43 Å². The van der Waals surface area contributed by atoms with Gasteiger partial charge in [-0.15, -0.1) is 10.2 Å². The molecule has 0 atom stereocenters. The summed E-state index contributed by atoms with van der Waals surface area (Å²) >= 11 is 0. The molecule has 0 radical (unpaired) electrons. The molecule has 0 aliphatic heterocycles. The highest BCUT2D eigenvalue weighted by atomic mass is 16.5. The van der Waals surface area contributed by atoms with E-state index < -0.39 is 0 Å². The highest BCUT2D eigenvalue weighted by molar-refractivity contribution is 6.04. The lowest BCUT2D eigenvalue weighted by molar-refractivity contribution is 0.482. The van der Waals surface area contributed by atoms with Gasteiger partial charge < -0.3 is 9.30 Å². The van der Waals surface area contributed by atoms with Crippen LogP contribution in [0.1, 0.15) is 12.5 Å². The summed E-state index contributed by atoms with van der Waals surface area (Å²) in [6.45, 7) is 2.88. The third kappa shape index (κ3) is 3.81. The predicted molar refractivity (Wildman–Crippen MR) is 123 cm³/mol. The van der Waals surface area contributed by atoms with Gasteiger partial charge in [0.05, 0.1) is 11.7 Å². The van der Waals surface area contributed by atoms with Crippen molar-refractivity contribution in [2.75, 3.05) is 5.43 Å². The molecule has 0 bridgehead atoms. The van der Waals surface area contributed by atoms with E-state index in [2.05, 4.69) is 43.3 Å². The Bertz CT molecular complexity index is 1380. The smallest absolute Gasteiger partial charge is 0.265 e. The van der Waals surface area contributed by atoms with E-state index >= 15 is 0 Å². The standard InChI is InChI=1S/C24H20N6O/c1-2-30-21-14-7-6-13-20(21)22-23(30)26-24(29-27-22)28-25-16-17-9-8-12-19(15-17)31-18-10-4-3-5-11-18/h3-16H,2H2,1H3,(H,26,28,29)/b25-16+. The highest BCUT2D eigenvalue weighted by Gasteiger charge is 2.13. The molecule has 1 N–H and O–H groups in total. The number of hydrogen-bond donors (Lipinski definition) is 1. The Kier molecular flexibility index (Phi) is 4.98. The lowest BCUT2D eigenvalue weighted by Gasteiger charge is -2.05. The average Bonchev–Trinajstić information content (AvgIpc) is 3.13. The Morgan fingerprint density at radius 1 is 0.935 bits per heavy atom. The molecule has 0 saturated heterocycles. The Hall–Kier alpha value is -4.26. The molecule has 152 valence electrons. The van der Waals surface area contributed by atoms with Crippen LogP contribution in [0.3, 0.4) is 0 Å². The third-order valence-corrected chi connectivity index (χ3v) is 4.91. The van der Waals surface area contributed by atoms with Crippen LogP contribution in [0.2, 0.25) is 0 Å². The first-order chi connectivity index (χ1) is 15.3. The number of rotatable bonds is 6. The van der Waals surface area contributed by atoms with Crippen molar-refractivity contribution < 1.29 is 4.74 Å². The highest BCUT2D eigenvalue weighted by Crippen LogP contribution is 2.26. The van der Waals surface area contributed by atoms with Crippen LogP contribution < -0.4 is 10.2 Å². The summed E-state index contributed by atoms with van der Waals surface area (Å²) in [6.07, 6.45) is 1.70. The number of hydrogen-bond acceptors (Lipinski definition) is 6. The average molecular weight is 408 g/mol. The second-order valence-corrected chi connectivity index (χ2v) is 6.93. The maximum atomic E-state index is 5.87. The minimum Gasteiger partial charge on any atom is -0.457 e. The van der Waals surface area contributed by atoms with E-state index in [1.54, 1.807) is 6.21 Å². The van der Waals surface area contributed by atoms with Crippen LogP contribution in [0.25, 0.3) is 22.1 Å². The van der Waals surface area contributed by atoms with E-state index in [9.17, 15) is 0 Å². The minimum atomic E-state index is 0.345. The molecule has 3 aromatic carbocycles. The molecule has 0 spiro atoms. The Balaban J connectivity index is 1.36. The lowest BCUT2D eigenvalue weighted by Crippen LogP contribution is -2.02. The van der Waals surface area contributed by atoms with Gasteiger partial charge >= 0.3 is 0 Å². The first-order valence-corrected chi connectivity index (χ1v) is 10.1. The zero-order chi connectivity index (χ0) is 21.0. The lowest BCUT2D eigenvalue weighted by atomic mass is 10.2. The van der Waals surface area contributed by atoms with Crippen molar-refractivity contribution in [2.45, 2.75) is 13.5 Å².